The molecule has 4 nitrogen and oxygen atoms in total. The standard InChI is InChI=1S/C9H16ClNO3/c1-6(2)4-8(12)11-5-7(10)9(13)14-3/h6-7H,4-5H2,1-3H3,(H,11,12). The Labute approximate surface area is 88.9 Å². The summed E-state index contributed by atoms with van der Waals surface area (Å²) in [7, 11) is 1.26. The molecule has 0 radical (unpaired) electrons. The van der Waals surface area contributed by atoms with Crippen LogP contribution in [0, 0.1) is 5.92 Å². The molecule has 0 aliphatic carbocycles. The second kappa shape index (κ2) is 6.65. The smallest absolute Gasteiger partial charge is 0.325 e. The fraction of sp³-hybridized carbons (Fsp3) is 0.778. The zero-order valence-electron chi connectivity index (χ0n) is 8.67. The number of rotatable bonds is 5. The highest BCUT2D eigenvalue weighted by molar-refractivity contribution is 6.30. The normalized spacial score (nSPS) is 12.4. The van der Waals surface area contributed by atoms with E-state index in [0.717, 1.165) is 0 Å². The number of esters is 1. The second-order valence-electron chi connectivity index (χ2n) is 3.39. The van der Waals surface area contributed by atoms with Crippen LogP contribution in [0.1, 0.15) is 20.3 Å². The van der Waals surface area contributed by atoms with Crippen molar-refractivity contribution >= 4 is 23.5 Å². The minimum Gasteiger partial charge on any atom is -0.468 e. The molecule has 0 aliphatic heterocycles. The SMILES string of the molecule is COC(=O)C(Cl)CNC(=O)CC(C)C. The number of methoxy groups -OCH3 is 1. The van der Waals surface area contributed by atoms with Crippen LogP contribution in [-0.4, -0.2) is 30.9 Å². The predicted molar refractivity (Wildman–Crippen MR) is 54.1 cm³/mol. The zero-order chi connectivity index (χ0) is 11.1. The Kier molecular flexibility index (Phi) is 6.28. The molecule has 0 fully saturated rings. The number of hydrogen-bond donors (Lipinski definition) is 1. The van der Waals surface area contributed by atoms with Crippen molar-refractivity contribution in [3.8, 4) is 0 Å². The fourth-order valence-corrected chi connectivity index (χ4v) is 1.02. The van der Waals surface area contributed by atoms with Crippen molar-refractivity contribution in [2.24, 2.45) is 5.92 Å². The van der Waals surface area contributed by atoms with Gasteiger partial charge in [0.15, 0.2) is 0 Å². The van der Waals surface area contributed by atoms with Crippen molar-refractivity contribution in [1.82, 2.24) is 5.32 Å². The molecule has 0 aromatic heterocycles. The van der Waals surface area contributed by atoms with Crippen LogP contribution in [-0.2, 0) is 14.3 Å². The summed E-state index contributed by atoms with van der Waals surface area (Å²) >= 11 is 5.62. The maximum Gasteiger partial charge on any atom is 0.325 e. The van der Waals surface area contributed by atoms with Gasteiger partial charge in [-0.3, -0.25) is 9.59 Å². The lowest BCUT2D eigenvalue weighted by Gasteiger charge is -2.09. The minimum absolute atomic E-state index is 0.102. The van der Waals surface area contributed by atoms with Crippen LogP contribution in [0.15, 0.2) is 0 Å². The fourth-order valence-electron chi connectivity index (χ4n) is 0.858. The van der Waals surface area contributed by atoms with Crippen molar-refractivity contribution in [3.63, 3.8) is 0 Å². The highest BCUT2D eigenvalue weighted by Gasteiger charge is 2.16. The average molecular weight is 222 g/mol. The second-order valence-corrected chi connectivity index (χ2v) is 3.92. The minimum atomic E-state index is -0.809. The summed E-state index contributed by atoms with van der Waals surface area (Å²) in [4.78, 5) is 22.0. The lowest BCUT2D eigenvalue weighted by Crippen LogP contribution is -2.34. The molecule has 5 heteroatoms. The van der Waals surface area contributed by atoms with E-state index >= 15 is 0 Å². The van der Waals surface area contributed by atoms with E-state index in [1.165, 1.54) is 7.11 Å². The molecule has 0 aromatic carbocycles. The number of ether oxygens (including phenoxy) is 1. The summed E-state index contributed by atoms with van der Waals surface area (Å²) in [5, 5.41) is 1.75. The molecule has 1 N–H and O–H groups in total. The molecule has 0 saturated heterocycles. The molecule has 0 rings (SSSR count). The molecule has 1 amide bonds. The maximum atomic E-state index is 11.1. The van der Waals surface area contributed by atoms with Crippen LogP contribution in [0.4, 0.5) is 0 Å². The number of amides is 1. The number of alkyl halides is 1. The summed E-state index contributed by atoms with van der Waals surface area (Å²) in [5.74, 6) is -0.340. The van der Waals surface area contributed by atoms with E-state index in [2.05, 4.69) is 10.1 Å². The van der Waals surface area contributed by atoms with Crippen LogP contribution in [0.25, 0.3) is 0 Å². The van der Waals surface area contributed by atoms with Gasteiger partial charge in [0.2, 0.25) is 5.91 Å². The van der Waals surface area contributed by atoms with Crippen LogP contribution in [0.2, 0.25) is 0 Å². The summed E-state index contributed by atoms with van der Waals surface area (Å²) in [5.41, 5.74) is 0. The highest BCUT2D eigenvalue weighted by Crippen LogP contribution is 2.00. The van der Waals surface area contributed by atoms with E-state index in [-0.39, 0.29) is 12.5 Å². The van der Waals surface area contributed by atoms with Crippen molar-refractivity contribution in [2.45, 2.75) is 25.6 Å². The summed E-state index contributed by atoms with van der Waals surface area (Å²) in [6.45, 7) is 4.00. The molecule has 0 spiro atoms. The first-order valence-electron chi connectivity index (χ1n) is 4.46. The summed E-state index contributed by atoms with van der Waals surface area (Å²) in [6, 6.07) is 0. The van der Waals surface area contributed by atoms with Crippen LogP contribution < -0.4 is 5.32 Å². The number of carbonyl (C=O) groups is 2. The van der Waals surface area contributed by atoms with Gasteiger partial charge in [-0.2, -0.15) is 0 Å². The maximum absolute atomic E-state index is 11.1. The first-order valence-corrected chi connectivity index (χ1v) is 4.89. The summed E-state index contributed by atoms with van der Waals surface area (Å²) < 4.78 is 4.40. The van der Waals surface area contributed by atoms with Gasteiger partial charge in [-0.15, -0.1) is 11.6 Å². The third-order valence-electron chi connectivity index (χ3n) is 1.53. The predicted octanol–water partition coefficient (Wildman–Crippen LogP) is 0.929. The highest BCUT2D eigenvalue weighted by atomic mass is 35.5. The van der Waals surface area contributed by atoms with Gasteiger partial charge in [-0.1, -0.05) is 13.8 Å². The van der Waals surface area contributed by atoms with E-state index in [1.807, 2.05) is 13.8 Å². The van der Waals surface area contributed by atoms with Gasteiger partial charge < -0.3 is 10.1 Å². The van der Waals surface area contributed by atoms with Gasteiger partial charge in [0.05, 0.1) is 7.11 Å². The Bertz CT molecular complexity index is 206. The van der Waals surface area contributed by atoms with Crippen LogP contribution in [0.5, 0.6) is 0 Å². The van der Waals surface area contributed by atoms with Crippen molar-refractivity contribution in [1.29, 1.82) is 0 Å². The Morgan fingerprint density at radius 2 is 2.00 bits per heavy atom. The number of halogens is 1. The Morgan fingerprint density at radius 3 is 2.43 bits per heavy atom. The molecule has 0 bridgehead atoms. The molecular formula is C9H16ClNO3. The molecule has 14 heavy (non-hydrogen) atoms. The van der Waals surface area contributed by atoms with Crippen molar-refractivity contribution < 1.29 is 14.3 Å². The van der Waals surface area contributed by atoms with Crippen LogP contribution in [0.3, 0.4) is 0 Å². The van der Waals surface area contributed by atoms with E-state index in [0.29, 0.717) is 12.3 Å². The lowest BCUT2D eigenvalue weighted by atomic mass is 10.1. The van der Waals surface area contributed by atoms with Gasteiger partial charge in [-0.05, 0) is 5.92 Å². The number of hydrogen-bond acceptors (Lipinski definition) is 3. The third-order valence-corrected chi connectivity index (χ3v) is 1.86. The topological polar surface area (TPSA) is 55.4 Å². The van der Waals surface area contributed by atoms with Gasteiger partial charge in [0.1, 0.15) is 5.38 Å². The molecule has 0 saturated carbocycles. The Balaban J connectivity index is 3.71. The first kappa shape index (κ1) is 13.2. The number of nitrogens with one attached hydrogen (secondary N) is 1. The van der Waals surface area contributed by atoms with Crippen LogP contribution >= 0.6 is 11.6 Å². The van der Waals surface area contributed by atoms with Gasteiger partial charge in [0, 0.05) is 13.0 Å². The molecule has 82 valence electrons. The van der Waals surface area contributed by atoms with Gasteiger partial charge >= 0.3 is 5.97 Å². The van der Waals surface area contributed by atoms with Crippen molar-refractivity contribution in [3.05, 3.63) is 0 Å². The van der Waals surface area contributed by atoms with E-state index in [1.54, 1.807) is 0 Å². The Hall–Kier alpha value is -0.770. The third kappa shape index (κ3) is 5.80. The first-order chi connectivity index (χ1) is 6.47. The monoisotopic (exact) mass is 221 g/mol. The van der Waals surface area contributed by atoms with Gasteiger partial charge in [-0.25, -0.2) is 0 Å². The Morgan fingerprint density at radius 1 is 1.43 bits per heavy atom. The van der Waals surface area contributed by atoms with Gasteiger partial charge in [0.25, 0.3) is 0 Å². The van der Waals surface area contributed by atoms with E-state index < -0.39 is 11.3 Å². The average Bonchev–Trinajstić information content (AvgIpc) is 2.11. The molecule has 0 aliphatic rings. The largest absolute Gasteiger partial charge is 0.468 e. The molecule has 1 unspecified atom stereocenters. The lowest BCUT2D eigenvalue weighted by molar-refractivity contribution is -0.140. The van der Waals surface area contributed by atoms with Crippen molar-refractivity contribution in [2.75, 3.05) is 13.7 Å². The molecule has 0 heterocycles. The number of carbonyl (C=O) groups excluding carboxylic acids is 2. The molecular weight excluding hydrogens is 206 g/mol. The summed E-state index contributed by atoms with van der Waals surface area (Å²) in [6.07, 6.45) is 0.435. The molecule has 1 atom stereocenters. The van der Waals surface area contributed by atoms with E-state index in [4.69, 9.17) is 11.6 Å². The molecule has 0 aromatic rings. The van der Waals surface area contributed by atoms with E-state index in [9.17, 15) is 9.59 Å². The quantitative estimate of drug-likeness (QED) is 0.555. The zero-order valence-corrected chi connectivity index (χ0v) is 9.43.